The highest BCUT2D eigenvalue weighted by Gasteiger charge is 2.11. The minimum absolute atomic E-state index is 0.154. The average Bonchev–Trinajstić information content (AvgIpc) is 2.40. The topological polar surface area (TPSA) is 21.3 Å². The molecule has 0 saturated heterocycles. The normalized spacial score (nSPS) is 11.3. The molecule has 0 atom stereocenters. The van der Waals surface area contributed by atoms with Crippen molar-refractivity contribution in [2.24, 2.45) is 0 Å². The molecule has 0 aromatic heterocycles. The molecule has 0 saturated carbocycles. The Morgan fingerprint density at radius 1 is 0.905 bits per heavy atom. The molecule has 2 aromatic rings. The molecule has 112 valence electrons. The summed E-state index contributed by atoms with van der Waals surface area (Å²) in [7, 11) is 0. The van der Waals surface area contributed by atoms with Gasteiger partial charge in [-0.1, -0.05) is 18.2 Å². The molecule has 0 spiro atoms. The van der Waals surface area contributed by atoms with E-state index in [0.29, 0.717) is 0 Å². The summed E-state index contributed by atoms with van der Waals surface area (Å²) >= 11 is 0. The molecule has 0 aliphatic carbocycles. The lowest BCUT2D eigenvalue weighted by atomic mass is 10.1. The van der Waals surface area contributed by atoms with Crippen molar-refractivity contribution in [1.82, 2.24) is 0 Å². The molecule has 2 nitrogen and oxygen atoms in total. The third kappa shape index (κ3) is 4.82. The second-order valence-corrected chi connectivity index (χ2v) is 6.51. The number of anilines is 1. The van der Waals surface area contributed by atoms with Crippen molar-refractivity contribution in [2.75, 3.05) is 5.32 Å². The molecule has 2 aromatic carbocycles. The molecule has 2 heteroatoms. The van der Waals surface area contributed by atoms with Gasteiger partial charge in [-0.3, -0.25) is 0 Å². The molecule has 0 bridgehead atoms. The summed E-state index contributed by atoms with van der Waals surface area (Å²) in [6.45, 7) is 11.3. The second-order valence-electron chi connectivity index (χ2n) is 6.51. The highest BCUT2D eigenvalue weighted by Crippen LogP contribution is 2.19. The van der Waals surface area contributed by atoms with Crippen LogP contribution in [0, 0.1) is 13.8 Å². The Kier molecular flexibility index (Phi) is 4.56. The molecular formula is C19H25NO. The highest BCUT2D eigenvalue weighted by molar-refractivity contribution is 5.48. The monoisotopic (exact) mass is 283 g/mol. The van der Waals surface area contributed by atoms with Gasteiger partial charge in [0.15, 0.2) is 0 Å². The molecule has 0 aliphatic rings. The molecule has 0 amide bonds. The van der Waals surface area contributed by atoms with Crippen LogP contribution in [0.3, 0.4) is 0 Å². The number of hydrogen-bond donors (Lipinski definition) is 1. The highest BCUT2D eigenvalue weighted by atomic mass is 16.5. The quantitative estimate of drug-likeness (QED) is 0.843. The first-order valence-electron chi connectivity index (χ1n) is 7.42. The Morgan fingerprint density at radius 2 is 1.57 bits per heavy atom. The van der Waals surface area contributed by atoms with Gasteiger partial charge < -0.3 is 10.1 Å². The van der Waals surface area contributed by atoms with E-state index in [0.717, 1.165) is 18.0 Å². The third-order valence-corrected chi connectivity index (χ3v) is 3.35. The first kappa shape index (κ1) is 15.4. The van der Waals surface area contributed by atoms with Crippen LogP contribution in [-0.2, 0) is 6.54 Å². The molecule has 0 heterocycles. The van der Waals surface area contributed by atoms with Crippen molar-refractivity contribution in [3.8, 4) is 5.75 Å². The van der Waals surface area contributed by atoms with Crippen molar-refractivity contribution in [1.29, 1.82) is 0 Å². The smallest absolute Gasteiger partial charge is 0.120 e. The largest absolute Gasteiger partial charge is 0.488 e. The van der Waals surface area contributed by atoms with Crippen LogP contribution >= 0.6 is 0 Å². The van der Waals surface area contributed by atoms with E-state index in [1.807, 2.05) is 12.1 Å². The number of hydrogen-bond acceptors (Lipinski definition) is 2. The van der Waals surface area contributed by atoms with Gasteiger partial charge in [-0.25, -0.2) is 0 Å². The molecular weight excluding hydrogens is 258 g/mol. The summed E-state index contributed by atoms with van der Waals surface area (Å²) in [5.41, 5.74) is 4.89. The predicted octanol–water partition coefficient (Wildman–Crippen LogP) is 5.09. The fourth-order valence-corrected chi connectivity index (χ4v) is 2.08. The van der Waals surface area contributed by atoms with Gasteiger partial charge in [0.1, 0.15) is 11.4 Å². The van der Waals surface area contributed by atoms with E-state index in [1.54, 1.807) is 0 Å². The minimum atomic E-state index is -0.154. The number of rotatable bonds is 4. The van der Waals surface area contributed by atoms with Gasteiger partial charge in [-0.05, 0) is 75.6 Å². The molecule has 1 N–H and O–H groups in total. The first-order valence-corrected chi connectivity index (χ1v) is 7.42. The summed E-state index contributed by atoms with van der Waals surface area (Å²) in [6.07, 6.45) is 0. The standard InChI is InChI=1S/C19H25NO/c1-14-6-9-17(12-15(14)2)20-13-16-7-10-18(11-8-16)21-19(3,4)5/h6-12,20H,13H2,1-5H3. The second kappa shape index (κ2) is 6.21. The van der Waals surface area contributed by atoms with Crippen LogP contribution in [0.1, 0.15) is 37.5 Å². The minimum Gasteiger partial charge on any atom is -0.488 e. The Labute approximate surface area is 128 Å². The van der Waals surface area contributed by atoms with E-state index in [2.05, 4.69) is 70.3 Å². The van der Waals surface area contributed by atoms with Gasteiger partial charge >= 0.3 is 0 Å². The Balaban J connectivity index is 1.96. The molecule has 0 radical (unpaired) electrons. The fraction of sp³-hybridized carbons (Fsp3) is 0.368. The van der Waals surface area contributed by atoms with Crippen LogP contribution in [0.2, 0.25) is 0 Å². The van der Waals surface area contributed by atoms with Gasteiger partial charge in [0.25, 0.3) is 0 Å². The molecule has 0 unspecified atom stereocenters. The number of benzene rings is 2. The summed E-state index contributed by atoms with van der Waals surface area (Å²) in [5.74, 6) is 0.914. The maximum absolute atomic E-state index is 5.83. The first-order chi connectivity index (χ1) is 9.83. The zero-order valence-corrected chi connectivity index (χ0v) is 13.7. The van der Waals surface area contributed by atoms with Crippen LogP contribution in [0.4, 0.5) is 5.69 Å². The SMILES string of the molecule is Cc1ccc(NCc2ccc(OC(C)(C)C)cc2)cc1C. The summed E-state index contributed by atoms with van der Waals surface area (Å²) in [6, 6.07) is 14.7. The lowest BCUT2D eigenvalue weighted by Crippen LogP contribution is -2.22. The molecule has 0 aliphatic heterocycles. The predicted molar refractivity (Wildman–Crippen MR) is 90.1 cm³/mol. The van der Waals surface area contributed by atoms with Gasteiger partial charge in [0, 0.05) is 12.2 Å². The maximum atomic E-state index is 5.83. The average molecular weight is 283 g/mol. The molecule has 21 heavy (non-hydrogen) atoms. The Morgan fingerprint density at radius 3 is 2.14 bits per heavy atom. The van der Waals surface area contributed by atoms with Crippen molar-refractivity contribution in [3.05, 3.63) is 59.2 Å². The van der Waals surface area contributed by atoms with Crippen molar-refractivity contribution < 1.29 is 4.74 Å². The molecule has 2 rings (SSSR count). The van der Waals surface area contributed by atoms with E-state index >= 15 is 0 Å². The van der Waals surface area contributed by atoms with Crippen LogP contribution < -0.4 is 10.1 Å². The lowest BCUT2D eigenvalue weighted by molar-refractivity contribution is 0.131. The Hall–Kier alpha value is -1.96. The van der Waals surface area contributed by atoms with Gasteiger partial charge in [0.2, 0.25) is 0 Å². The van der Waals surface area contributed by atoms with Crippen LogP contribution in [-0.4, -0.2) is 5.60 Å². The van der Waals surface area contributed by atoms with Crippen molar-refractivity contribution in [2.45, 2.75) is 46.8 Å². The zero-order valence-electron chi connectivity index (χ0n) is 13.7. The summed E-state index contributed by atoms with van der Waals surface area (Å²) in [5, 5.41) is 3.46. The van der Waals surface area contributed by atoms with E-state index in [9.17, 15) is 0 Å². The van der Waals surface area contributed by atoms with Gasteiger partial charge in [-0.2, -0.15) is 0 Å². The van der Waals surface area contributed by atoms with Crippen molar-refractivity contribution in [3.63, 3.8) is 0 Å². The van der Waals surface area contributed by atoms with Crippen molar-refractivity contribution >= 4 is 5.69 Å². The van der Waals surface area contributed by atoms with Crippen LogP contribution in [0.15, 0.2) is 42.5 Å². The fourth-order valence-electron chi connectivity index (χ4n) is 2.08. The number of nitrogens with one attached hydrogen (secondary N) is 1. The van der Waals surface area contributed by atoms with E-state index in [4.69, 9.17) is 4.74 Å². The van der Waals surface area contributed by atoms with Crippen LogP contribution in [0.25, 0.3) is 0 Å². The number of aryl methyl sites for hydroxylation is 2. The van der Waals surface area contributed by atoms with Gasteiger partial charge in [0.05, 0.1) is 0 Å². The summed E-state index contributed by atoms with van der Waals surface area (Å²) < 4.78 is 5.83. The van der Waals surface area contributed by atoms with Gasteiger partial charge in [-0.15, -0.1) is 0 Å². The maximum Gasteiger partial charge on any atom is 0.120 e. The zero-order chi connectivity index (χ0) is 15.5. The van der Waals surface area contributed by atoms with E-state index < -0.39 is 0 Å². The Bertz CT molecular complexity index is 594. The third-order valence-electron chi connectivity index (χ3n) is 3.35. The van der Waals surface area contributed by atoms with E-state index in [1.165, 1.54) is 16.7 Å². The summed E-state index contributed by atoms with van der Waals surface area (Å²) in [4.78, 5) is 0. The number of ether oxygens (including phenoxy) is 1. The van der Waals surface area contributed by atoms with E-state index in [-0.39, 0.29) is 5.60 Å². The lowest BCUT2D eigenvalue weighted by Gasteiger charge is -2.21. The van der Waals surface area contributed by atoms with Crippen LogP contribution in [0.5, 0.6) is 5.75 Å². The molecule has 0 fully saturated rings.